The van der Waals surface area contributed by atoms with E-state index in [9.17, 15) is 4.79 Å². The number of carbonyl (C=O) groups excluding carboxylic acids is 1. The number of nitrogens with two attached hydrogens (primary N) is 1. The topological polar surface area (TPSA) is 66.9 Å². The third kappa shape index (κ3) is 3.35. The zero-order chi connectivity index (χ0) is 8.85. The Morgan fingerprint density at radius 2 is 2.36 bits per heavy atom. The van der Waals surface area contributed by atoms with Crippen LogP contribution < -0.4 is 5.73 Å². The van der Waals surface area contributed by atoms with Gasteiger partial charge in [-0.1, -0.05) is 6.92 Å². The molecule has 0 aliphatic heterocycles. The van der Waals surface area contributed by atoms with Crippen LogP contribution in [-0.2, 0) is 4.79 Å². The molecule has 0 heterocycles. The lowest BCUT2D eigenvalue weighted by Crippen LogP contribution is -2.13. The first-order valence-corrected chi connectivity index (χ1v) is 4.32. The van der Waals surface area contributed by atoms with Gasteiger partial charge in [-0.3, -0.25) is 4.79 Å². The van der Waals surface area contributed by atoms with Crippen LogP contribution >= 0.6 is 24.4 Å². The van der Waals surface area contributed by atoms with Crippen molar-refractivity contribution in [3.05, 3.63) is 9.81 Å². The van der Waals surface area contributed by atoms with Gasteiger partial charge in [-0.2, -0.15) is 5.26 Å². The zero-order valence-corrected chi connectivity index (χ0v) is 7.71. The van der Waals surface area contributed by atoms with Gasteiger partial charge in [0.05, 0.1) is 4.24 Å². The lowest BCUT2D eigenvalue weighted by molar-refractivity contribution is -0.114. The number of thioether (sulfide) groups is 1. The Labute approximate surface area is 75.0 Å². The van der Waals surface area contributed by atoms with Gasteiger partial charge in [-0.15, -0.1) is 24.4 Å². The largest absolute Gasteiger partial charge is 0.365 e. The van der Waals surface area contributed by atoms with Crippen molar-refractivity contribution >= 4 is 30.3 Å². The van der Waals surface area contributed by atoms with Crippen molar-refractivity contribution in [1.82, 2.24) is 0 Å². The van der Waals surface area contributed by atoms with Crippen LogP contribution in [0.5, 0.6) is 0 Å². The van der Waals surface area contributed by atoms with E-state index in [1.807, 2.05) is 6.92 Å². The number of rotatable bonds is 3. The SMILES string of the molecule is CCSC(S)=C(C#N)C(N)=O. The number of hydrogen-bond donors (Lipinski definition) is 2. The Hall–Kier alpha value is -0.600. The number of amides is 1. The highest BCUT2D eigenvalue weighted by atomic mass is 32.2. The second kappa shape index (κ2) is 5.10. The maximum atomic E-state index is 10.5. The van der Waals surface area contributed by atoms with Crippen LogP contribution in [0.4, 0.5) is 0 Å². The maximum absolute atomic E-state index is 10.5. The molecule has 0 rings (SSSR count). The summed E-state index contributed by atoms with van der Waals surface area (Å²) in [5.41, 5.74) is 4.83. The molecule has 0 saturated heterocycles. The Kier molecular flexibility index (Phi) is 4.83. The van der Waals surface area contributed by atoms with Crippen molar-refractivity contribution in [3.63, 3.8) is 0 Å². The summed E-state index contributed by atoms with van der Waals surface area (Å²) in [4.78, 5) is 10.5. The van der Waals surface area contributed by atoms with Crippen LogP contribution in [-0.4, -0.2) is 11.7 Å². The van der Waals surface area contributed by atoms with Crippen LogP contribution in [0.25, 0.3) is 0 Å². The summed E-state index contributed by atoms with van der Waals surface area (Å²) in [7, 11) is 0. The van der Waals surface area contributed by atoms with Crippen LogP contribution in [0.15, 0.2) is 9.81 Å². The highest BCUT2D eigenvalue weighted by Gasteiger charge is 2.08. The van der Waals surface area contributed by atoms with E-state index in [0.29, 0.717) is 4.24 Å². The molecule has 0 bridgehead atoms. The van der Waals surface area contributed by atoms with Gasteiger partial charge in [-0.05, 0) is 5.75 Å². The van der Waals surface area contributed by atoms with Gasteiger partial charge in [0.25, 0.3) is 5.91 Å². The summed E-state index contributed by atoms with van der Waals surface area (Å²) < 4.78 is 0.391. The molecular formula is C6H8N2OS2. The van der Waals surface area contributed by atoms with Gasteiger partial charge < -0.3 is 5.73 Å². The Bertz CT molecular complexity index is 229. The van der Waals surface area contributed by atoms with Crippen LogP contribution in [0.3, 0.4) is 0 Å². The monoisotopic (exact) mass is 188 g/mol. The van der Waals surface area contributed by atoms with Gasteiger partial charge in [0.2, 0.25) is 0 Å². The van der Waals surface area contributed by atoms with Gasteiger partial charge in [-0.25, -0.2) is 0 Å². The lowest BCUT2D eigenvalue weighted by Gasteiger charge is -1.97. The summed E-state index contributed by atoms with van der Waals surface area (Å²) in [6, 6.07) is 1.69. The van der Waals surface area contributed by atoms with Crippen LogP contribution in [0.2, 0.25) is 0 Å². The molecule has 0 atom stereocenters. The molecule has 0 aliphatic rings. The van der Waals surface area contributed by atoms with E-state index in [2.05, 4.69) is 12.6 Å². The maximum Gasteiger partial charge on any atom is 0.261 e. The molecule has 1 amide bonds. The highest BCUT2D eigenvalue weighted by molar-refractivity contribution is 8.15. The van der Waals surface area contributed by atoms with Crippen LogP contribution in [0, 0.1) is 11.3 Å². The van der Waals surface area contributed by atoms with E-state index < -0.39 is 5.91 Å². The number of nitrogens with zero attached hydrogens (tertiary/aromatic N) is 1. The summed E-state index contributed by atoms with van der Waals surface area (Å²) in [5.74, 6) is 0.0375. The third-order valence-electron chi connectivity index (χ3n) is 0.853. The molecule has 3 nitrogen and oxygen atoms in total. The van der Waals surface area contributed by atoms with Gasteiger partial charge >= 0.3 is 0 Å². The number of thiol groups is 1. The van der Waals surface area contributed by atoms with Crippen molar-refractivity contribution in [2.45, 2.75) is 6.92 Å². The highest BCUT2D eigenvalue weighted by Crippen LogP contribution is 2.22. The molecule has 0 radical (unpaired) electrons. The predicted octanol–water partition coefficient (Wildman–Crippen LogP) is 0.890. The number of hydrogen-bond acceptors (Lipinski definition) is 4. The fourth-order valence-electron chi connectivity index (χ4n) is 0.417. The minimum Gasteiger partial charge on any atom is -0.365 e. The average molecular weight is 188 g/mol. The molecule has 2 N–H and O–H groups in total. The van der Waals surface area contributed by atoms with E-state index in [4.69, 9.17) is 11.0 Å². The molecular weight excluding hydrogens is 180 g/mol. The Morgan fingerprint density at radius 1 is 1.82 bits per heavy atom. The lowest BCUT2D eigenvalue weighted by atomic mass is 10.3. The minimum atomic E-state index is -0.724. The van der Waals surface area contributed by atoms with E-state index in [1.165, 1.54) is 11.8 Å². The van der Waals surface area contributed by atoms with Crippen LogP contribution in [0.1, 0.15) is 6.92 Å². The van der Waals surface area contributed by atoms with Crippen molar-refractivity contribution in [1.29, 1.82) is 5.26 Å². The first kappa shape index (κ1) is 10.4. The molecule has 0 unspecified atom stereocenters. The quantitative estimate of drug-likeness (QED) is 0.392. The Balaban J connectivity index is 4.58. The van der Waals surface area contributed by atoms with Gasteiger partial charge in [0, 0.05) is 0 Å². The molecule has 5 heteroatoms. The summed E-state index contributed by atoms with van der Waals surface area (Å²) in [6.45, 7) is 1.90. The molecule has 11 heavy (non-hydrogen) atoms. The standard InChI is InChI=1S/C6H8N2OS2/c1-2-11-6(10)4(3-7)5(8)9/h10H,2H2,1H3,(H2,8,9). The molecule has 0 spiro atoms. The normalized spacial score (nSPS) is 11.7. The molecule has 0 saturated carbocycles. The van der Waals surface area contributed by atoms with E-state index in [1.54, 1.807) is 6.07 Å². The first-order chi connectivity index (χ1) is 5.13. The first-order valence-electron chi connectivity index (χ1n) is 2.89. The molecule has 0 aromatic carbocycles. The smallest absolute Gasteiger partial charge is 0.261 e. The summed E-state index contributed by atoms with van der Waals surface area (Å²) in [5, 5.41) is 8.42. The second-order valence-corrected chi connectivity index (χ2v) is 3.61. The van der Waals surface area contributed by atoms with Crippen molar-refractivity contribution < 1.29 is 4.79 Å². The molecule has 0 fully saturated rings. The fourth-order valence-corrected chi connectivity index (χ4v) is 1.53. The molecule has 60 valence electrons. The molecule has 0 aliphatic carbocycles. The second-order valence-electron chi connectivity index (χ2n) is 1.59. The van der Waals surface area contributed by atoms with E-state index in [0.717, 1.165) is 5.75 Å². The third-order valence-corrected chi connectivity index (χ3v) is 2.23. The number of carbonyl (C=O) groups is 1. The number of nitriles is 1. The molecule has 0 aromatic heterocycles. The van der Waals surface area contributed by atoms with Crippen molar-refractivity contribution in [2.24, 2.45) is 5.73 Å². The number of primary amides is 1. The fraction of sp³-hybridized carbons (Fsp3) is 0.333. The van der Waals surface area contributed by atoms with Gasteiger partial charge in [0.1, 0.15) is 11.6 Å². The summed E-state index contributed by atoms with van der Waals surface area (Å²) >= 11 is 5.26. The van der Waals surface area contributed by atoms with Crippen molar-refractivity contribution in [3.8, 4) is 6.07 Å². The van der Waals surface area contributed by atoms with Gasteiger partial charge in [0.15, 0.2) is 0 Å². The minimum absolute atomic E-state index is 0.0693. The van der Waals surface area contributed by atoms with E-state index in [-0.39, 0.29) is 5.57 Å². The average Bonchev–Trinajstić information content (AvgIpc) is 1.88. The Morgan fingerprint density at radius 3 is 2.64 bits per heavy atom. The van der Waals surface area contributed by atoms with E-state index >= 15 is 0 Å². The predicted molar refractivity (Wildman–Crippen MR) is 49.0 cm³/mol. The summed E-state index contributed by atoms with van der Waals surface area (Å²) in [6.07, 6.45) is 0. The van der Waals surface area contributed by atoms with Crippen molar-refractivity contribution in [2.75, 3.05) is 5.75 Å². The zero-order valence-electron chi connectivity index (χ0n) is 6.00. The molecule has 0 aromatic rings.